The maximum Gasteiger partial charge on any atom is 0.251 e. The molecule has 1 amide bonds. The van der Waals surface area contributed by atoms with Crippen molar-refractivity contribution in [3.05, 3.63) is 29.3 Å². The number of rotatable bonds is 8. The van der Waals surface area contributed by atoms with Crippen LogP contribution in [-0.4, -0.2) is 51.0 Å². The van der Waals surface area contributed by atoms with Crippen molar-refractivity contribution in [1.29, 1.82) is 0 Å². The summed E-state index contributed by atoms with van der Waals surface area (Å²) in [5, 5.41) is 3.00. The minimum Gasteiger partial charge on any atom is -0.379 e. The monoisotopic (exact) mass is 396 g/mol. The first kappa shape index (κ1) is 21.9. The van der Waals surface area contributed by atoms with Gasteiger partial charge in [0.2, 0.25) is 10.0 Å². The Kier molecular flexibility index (Phi) is 7.82. The van der Waals surface area contributed by atoms with Crippen molar-refractivity contribution in [2.24, 2.45) is 5.92 Å². The summed E-state index contributed by atoms with van der Waals surface area (Å²) in [6, 6.07) is 4.82. The van der Waals surface area contributed by atoms with E-state index >= 15 is 0 Å². The van der Waals surface area contributed by atoms with E-state index in [9.17, 15) is 13.2 Å². The lowest BCUT2D eigenvalue weighted by Crippen LogP contribution is -2.40. The number of hydrogen-bond donors (Lipinski definition) is 1. The highest BCUT2D eigenvalue weighted by Gasteiger charge is 2.27. The molecule has 1 fully saturated rings. The van der Waals surface area contributed by atoms with Crippen LogP contribution in [0.1, 0.15) is 56.0 Å². The number of sulfonamides is 1. The van der Waals surface area contributed by atoms with Gasteiger partial charge in [-0.25, -0.2) is 8.42 Å². The van der Waals surface area contributed by atoms with Gasteiger partial charge in [0.25, 0.3) is 5.91 Å². The summed E-state index contributed by atoms with van der Waals surface area (Å²) < 4.78 is 32.3. The first-order chi connectivity index (χ1) is 12.7. The largest absolute Gasteiger partial charge is 0.379 e. The van der Waals surface area contributed by atoms with Gasteiger partial charge in [-0.3, -0.25) is 4.79 Å². The second-order valence-corrected chi connectivity index (χ2v) is 9.63. The van der Waals surface area contributed by atoms with Gasteiger partial charge in [-0.1, -0.05) is 32.8 Å². The van der Waals surface area contributed by atoms with Crippen LogP contribution >= 0.6 is 0 Å². The predicted octanol–water partition coefficient (Wildman–Crippen LogP) is 2.96. The van der Waals surface area contributed by atoms with Crippen molar-refractivity contribution < 1.29 is 17.9 Å². The number of carbonyl (C=O) groups is 1. The molecule has 1 aromatic carbocycles. The van der Waals surface area contributed by atoms with Crippen LogP contribution in [-0.2, 0) is 14.8 Å². The number of nitrogens with one attached hydrogen (secondary N) is 1. The molecule has 1 aliphatic heterocycles. The Morgan fingerprint density at radius 3 is 2.48 bits per heavy atom. The lowest BCUT2D eigenvalue weighted by Gasteiger charge is -2.26. The molecule has 1 N–H and O–H groups in total. The van der Waals surface area contributed by atoms with E-state index in [1.165, 1.54) is 10.4 Å². The Hall–Kier alpha value is -1.44. The molecule has 1 aromatic rings. The van der Waals surface area contributed by atoms with Crippen molar-refractivity contribution in [3.8, 4) is 0 Å². The van der Waals surface area contributed by atoms with Crippen LogP contribution in [0.15, 0.2) is 23.1 Å². The molecule has 0 spiro atoms. The fourth-order valence-corrected chi connectivity index (χ4v) is 4.58. The van der Waals surface area contributed by atoms with Crippen molar-refractivity contribution >= 4 is 15.9 Å². The summed E-state index contributed by atoms with van der Waals surface area (Å²) in [4.78, 5) is 12.8. The number of hydrogen-bond acceptors (Lipinski definition) is 4. The molecule has 6 nitrogen and oxygen atoms in total. The number of nitrogens with zero attached hydrogens (tertiary/aromatic N) is 1. The van der Waals surface area contributed by atoms with Crippen LogP contribution < -0.4 is 5.32 Å². The number of aryl methyl sites for hydroxylation is 1. The maximum atomic E-state index is 12.8. The molecule has 0 aromatic heterocycles. The molecule has 2 rings (SSSR count). The Bertz CT molecular complexity index is 740. The highest BCUT2D eigenvalue weighted by Crippen LogP contribution is 2.21. The topological polar surface area (TPSA) is 75.7 Å². The second kappa shape index (κ2) is 9.66. The fraction of sp³-hybridized carbons (Fsp3) is 0.650. The number of amides is 1. The smallest absolute Gasteiger partial charge is 0.251 e. The second-order valence-electron chi connectivity index (χ2n) is 7.69. The maximum absolute atomic E-state index is 12.8. The van der Waals surface area contributed by atoms with Crippen molar-refractivity contribution in [1.82, 2.24) is 9.62 Å². The van der Waals surface area contributed by atoms with Crippen LogP contribution in [0, 0.1) is 12.8 Å². The lowest BCUT2D eigenvalue weighted by molar-refractivity contribution is 0.0730. The van der Waals surface area contributed by atoms with Gasteiger partial charge in [-0.15, -0.1) is 0 Å². The van der Waals surface area contributed by atoms with E-state index in [4.69, 9.17) is 4.74 Å². The van der Waals surface area contributed by atoms with Crippen molar-refractivity contribution in [3.63, 3.8) is 0 Å². The van der Waals surface area contributed by atoms with E-state index in [-0.39, 0.29) is 16.8 Å². The summed E-state index contributed by atoms with van der Waals surface area (Å²) in [5.74, 6) is 0.431. The van der Waals surface area contributed by atoms with E-state index in [1.807, 2.05) is 13.8 Å². The average molecular weight is 397 g/mol. The van der Waals surface area contributed by atoms with Gasteiger partial charge in [0.1, 0.15) is 0 Å². The highest BCUT2D eigenvalue weighted by molar-refractivity contribution is 7.89. The Labute approximate surface area is 163 Å². The molecule has 1 saturated heterocycles. The summed E-state index contributed by atoms with van der Waals surface area (Å²) in [6.07, 6.45) is 3.10. The van der Waals surface area contributed by atoms with E-state index in [0.29, 0.717) is 37.8 Å². The van der Waals surface area contributed by atoms with Crippen LogP contribution in [0.4, 0.5) is 0 Å². The van der Waals surface area contributed by atoms with Gasteiger partial charge in [-0.2, -0.15) is 4.31 Å². The molecule has 7 heteroatoms. The molecule has 152 valence electrons. The molecule has 1 aliphatic rings. The van der Waals surface area contributed by atoms with Gasteiger partial charge >= 0.3 is 0 Å². The van der Waals surface area contributed by atoms with Gasteiger partial charge in [-0.05, 0) is 43.9 Å². The molecule has 27 heavy (non-hydrogen) atoms. The highest BCUT2D eigenvalue weighted by atomic mass is 32.2. The van der Waals surface area contributed by atoms with E-state index < -0.39 is 10.0 Å². The van der Waals surface area contributed by atoms with E-state index in [1.54, 1.807) is 12.1 Å². The van der Waals surface area contributed by atoms with E-state index in [2.05, 4.69) is 19.2 Å². The Morgan fingerprint density at radius 1 is 1.19 bits per heavy atom. The van der Waals surface area contributed by atoms with E-state index in [0.717, 1.165) is 24.8 Å². The third-order valence-electron chi connectivity index (χ3n) is 4.86. The molecule has 0 aliphatic carbocycles. The third kappa shape index (κ3) is 6.02. The number of carbonyl (C=O) groups excluding carboxylic acids is 1. The van der Waals surface area contributed by atoms with Crippen LogP contribution in [0.5, 0.6) is 0 Å². The minimum atomic E-state index is -3.61. The number of morpholine rings is 1. The Balaban J connectivity index is 2.10. The summed E-state index contributed by atoms with van der Waals surface area (Å²) in [7, 11) is -3.61. The molecular weight excluding hydrogens is 364 g/mol. The minimum absolute atomic E-state index is 0.0511. The van der Waals surface area contributed by atoms with Gasteiger partial charge < -0.3 is 10.1 Å². The zero-order valence-electron chi connectivity index (χ0n) is 16.8. The molecule has 0 radical (unpaired) electrons. The first-order valence-corrected chi connectivity index (χ1v) is 11.1. The van der Waals surface area contributed by atoms with Gasteiger partial charge in [0.05, 0.1) is 18.1 Å². The van der Waals surface area contributed by atoms with Gasteiger partial charge in [0.15, 0.2) is 0 Å². The molecule has 1 atom stereocenters. The summed E-state index contributed by atoms with van der Waals surface area (Å²) >= 11 is 0. The van der Waals surface area contributed by atoms with Crippen LogP contribution in [0.25, 0.3) is 0 Å². The predicted molar refractivity (Wildman–Crippen MR) is 106 cm³/mol. The first-order valence-electron chi connectivity index (χ1n) is 9.71. The van der Waals surface area contributed by atoms with Gasteiger partial charge in [0, 0.05) is 24.7 Å². The average Bonchev–Trinajstić information content (AvgIpc) is 2.62. The third-order valence-corrected chi connectivity index (χ3v) is 6.75. The lowest BCUT2D eigenvalue weighted by atomic mass is 10.0. The SMILES string of the molecule is Cc1ccc(S(=O)(=O)N2CCOCC2)cc1C(=O)NC(C)CCCC(C)C. The molecule has 0 bridgehead atoms. The molecule has 1 heterocycles. The zero-order valence-corrected chi connectivity index (χ0v) is 17.6. The summed E-state index contributed by atoms with van der Waals surface area (Å²) in [5.41, 5.74) is 1.18. The van der Waals surface area contributed by atoms with Crippen molar-refractivity contribution in [2.45, 2.75) is 57.9 Å². The van der Waals surface area contributed by atoms with Crippen molar-refractivity contribution in [2.75, 3.05) is 26.3 Å². The Morgan fingerprint density at radius 2 is 1.85 bits per heavy atom. The molecule has 1 unspecified atom stereocenters. The van der Waals surface area contributed by atoms with Crippen LogP contribution in [0.3, 0.4) is 0 Å². The number of ether oxygens (including phenoxy) is 1. The fourth-order valence-electron chi connectivity index (χ4n) is 3.15. The molecular formula is C20H32N2O4S. The van der Waals surface area contributed by atoms with Crippen LogP contribution in [0.2, 0.25) is 0 Å². The summed E-state index contributed by atoms with van der Waals surface area (Å²) in [6.45, 7) is 9.65. The standard InChI is InChI=1S/C20H32N2O4S/c1-15(2)6-5-7-17(4)21-20(23)19-14-18(9-8-16(19)3)27(24,25)22-10-12-26-13-11-22/h8-9,14-15,17H,5-7,10-13H2,1-4H3,(H,21,23). The zero-order chi connectivity index (χ0) is 20.0. The molecule has 0 saturated carbocycles. The quantitative estimate of drug-likeness (QED) is 0.733. The number of benzene rings is 1. The normalized spacial score (nSPS) is 17.1.